The Morgan fingerprint density at radius 2 is 1.74 bits per heavy atom. The Morgan fingerprint density at radius 1 is 1.06 bits per heavy atom. The average molecular weight is 503 g/mol. The van der Waals surface area contributed by atoms with Crippen molar-refractivity contribution in [2.45, 2.75) is 19.4 Å². The van der Waals surface area contributed by atoms with Gasteiger partial charge in [0, 0.05) is 11.6 Å². The van der Waals surface area contributed by atoms with E-state index >= 15 is 0 Å². The maximum atomic E-state index is 13.3. The van der Waals surface area contributed by atoms with E-state index in [4.69, 9.17) is 25.8 Å². The first-order valence-corrected chi connectivity index (χ1v) is 11.7. The predicted octanol–water partition coefficient (Wildman–Crippen LogP) is 4.13. The molecule has 8 nitrogen and oxygen atoms in total. The third kappa shape index (κ3) is 5.55. The minimum absolute atomic E-state index is 0.0355. The van der Waals surface area contributed by atoms with E-state index in [1.807, 2.05) is 25.9 Å². The summed E-state index contributed by atoms with van der Waals surface area (Å²) in [6.07, 6.45) is 0.644. The number of ketones is 1. The van der Waals surface area contributed by atoms with Crippen LogP contribution in [0, 0.1) is 0 Å². The second kappa shape index (κ2) is 11.5. The molecule has 0 aliphatic carbocycles. The quantitative estimate of drug-likeness (QED) is 0.297. The summed E-state index contributed by atoms with van der Waals surface area (Å²) in [7, 11) is 6.85. The maximum Gasteiger partial charge on any atom is 0.295 e. The SMILES string of the molecule is CCOc1ccc(C2/C(=C(\O)c3cc(Cl)ccc3OC)C(=O)C(=O)N2CCCN(C)C)cc1OC. The summed E-state index contributed by atoms with van der Waals surface area (Å²) in [6.45, 7) is 3.37. The molecule has 0 spiro atoms. The van der Waals surface area contributed by atoms with Crippen LogP contribution < -0.4 is 14.2 Å². The molecule has 1 N–H and O–H groups in total. The number of nitrogens with zero attached hydrogens (tertiary/aromatic N) is 2. The molecule has 0 radical (unpaired) electrons. The van der Waals surface area contributed by atoms with Crippen LogP contribution in [0.5, 0.6) is 17.2 Å². The molecule has 1 aliphatic heterocycles. The summed E-state index contributed by atoms with van der Waals surface area (Å²) < 4.78 is 16.5. The number of Topliss-reactive ketones (excluding diaryl/α,β-unsaturated/α-hetero) is 1. The number of carbonyl (C=O) groups excluding carboxylic acids is 2. The first-order chi connectivity index (χ1) is 16.7. The van der Waals surface area contributed by atoms with Gasteiger partial charge in [-0.2, -0.15) is 0 Å². The molecule has 1 saturated heterocycles. The number of methoxy groups -OCH3 is 2. The fourth-order valence-electron chi connectivity index (χ4n) is 4.15. The summed E-state index contributed by atoms with van der Waals surface area (Å²) in [6, 6.07) is 9.12. The number of likely N-dealkylation sites (tertiary alicyclic amines) is 1. The fourth-order valence-corrected chi connectivity index (χ4v) is 4.33. The van der Waals surface area contributed by atoms with Crippen LogP contribution in [-0.2, 0) is 9.59 Å². The normalized spacial score (nSPS) is 17.2. The van der Waals surface area contributed by atoms with E-state index in [2.05, 4.69) is 0 Å². The lowest BCUT2D eigenvalue weighted by atomic mass is 9.94. The molecule has 1 unspecified atom stereocenters. The van der Waals surface area contributed by atoms with Gasteiger partial charge in [-0.15, -0.1) is 0 Å². The molecule has 0 bridgehead atoms. The molecular weight excluding hydrogens is 472 g/mol. The standard InChI is InChI=1S/C26H31ClN2O6/c1-6-35-20-10-8-16(14-21(20)34-5)23-22(24(30)18-15-17(27)9-11-19(18)33-4)25(31)26(32)29(23)13-7-12-28(2)3/h8-11,14-15,23,30H,6-7,12-13H2,1-5H3/b24-22+. The van der Waals surface area contributed by atoms with Crippen molar-refractivity contribution in [3.8, 4) is 17.2 Å². The highest BCUT2D eigenvalue weighted by Gasteiger charge is 2.46. The summed E-state index contributed by atoms with van der Waals surface area (Å²) in [5.41, 5.74) is 0.803. The number of rotatable bonds is 10. The van der Waals surface area contributed by atoms with Crippen LogP contribution in [0.2, 0.25) is 5.02 Å². The number of carbonyl (C=O) groups is 2. The number of ether oxygens (including phenoxy) is 3. The number of hydrogen-bond donors (Lipinski definition) is 1. The van der Waals surface area contributed by atoms with Crippen molar-refractivity contribution in [3.63, 3.8) is 0 Å². The van der Waals surface area contributed by atoms with Crippen molar-refractivity contribution in [1.82, 2.24) is 9.80 Å². The van der Waals surface area contributed by atoms with E-state index < -0.39 is 17.7 Å². The number of hydrogen-bond acceptors (Lipinski definition) is 7. The highest BCUT2D eigenvalue weighted by atomic mass is 35.5. The molecule has 3 rings (SSSR count). The summed E-state index contributed by atoms with van der Waals surface area (Å²) in [5.74, 6) is -0.468. The Morgan fingerprint density at radius 3 is 2.37 bits per heavy atom. The Labute approximate surface area is 210 Å². The highest BCUT2D eigenvalue weighted by molar-refractivity contribution is 6.46. The van der Waals surface area contributed by atoms with Crippen LogP contribution in [0.4, 0.5) is 0 Å². The van der Waals surface area contributed by atoms with Crippen LogP contribution in [0.25, 0.3) is 5.76 Å². The zero-order chi connectivity index (χ0) is 25.7. The molecule has 188 valence electrons. The van der Waals surface area contributed by atoms with Gasteiger partial charge in [0.2, 0.25) is 0 Å². The van der Waals surface area contributed by atoms with Gasteiger partial charge < -0.3 is 29.1 Å². The number of aliphatic hydroxyl groups excluding tert-OH is 1. The van der Waals surface area contributed by atoms with Crippen LogP contribution in [0.15, 0.2) is 42.0 Å². The first-order valence-electron chi connectivity index (χ1n) is 11.3. The summed E-state index contributed by atoms with van der Waals surface area (Å²) >= 11 is 6.17. The van der Waals surface area contributed by atoms with Crippen molar-refractivity contribution in [3.05, 3.63) is 58.1 Å². The van der Waals surface area contributed by atoms with E-state index in [1.165, 1.54) is 25.2 Å². The van der Waals surface area contributed by atoms with Crippen LogP contribution >= 0.6 is 11.6 Å². The molecule has 0 saturated carbocycles. The summed E-state index contributed by atoms with van der Waals surface area (Å²) in [4.78, 5) is 29.9. The molecule has 0 aromatic heterocycles. The zero-order valence-electron chi connectivity index (χ0n) is 20.6. The van der Waals surface area contributed by atoms with E-state index in [1.54, 1.807) is 30.3 Å². The third-order valence-corrected chi connectivity index (χ3v) is 6.00. The molecule has 1 amide bonds. The van der Waals surface area contributed by atoms with Gasteiger partial charge in [-0.25, -0.2) is 0 Å². The van der Waals surface area contributed by atoms with Crippen LogP contribution in [0.3, 0.4) is 0 Å². The Bertz CT molecular complexity index is 1130. The lowest BCUT2D eigenvalue weighted by molar-refractivity contribution is -0.139. The molecule has 9 heteroatoms. The molecule has 2 aromatic rings. The van der Waals surface area contributed by atoms with E-state index in [0.717, 1.165) is 6.54 Å². The molecule has 2 aromatic carbocycles. The van der Waals surface area contributed by atoms with E-state index in [9.17, 15) is 14.7 Å². The van der Waals surface area contributed by atoms with Gasteiger partial charge in [0.1, 0.15) is 11.5 Å². The van der Waals surface area contributed by atoms with E-state index in [-0.39, 0.29) is 16.9 Å². The minimum Gasteiger partial charge on any atom is -0.507 e. The largest absolute Gasteiger partial charge is 0.507 e. The van der Waals surface area contributed by atoms with Crippen molar-refractivity contribution >= 4 is 29.1 Å². The van der Waals surface area contributed by atoms with Crippen LogP contribution in [0.1, 0.15) is 30.5 Å². The average Bonchev–Trinajstić information content (AvgIpc) is 3.08. The number of halogens is 1. The molecule has 1 aliphatic rings. The Kier molecular flexibility index (Phi) is 8.64. The highest BCUT2D eigenvalue weighted by Crippen LogP contribution is 2.43. The predicted molar refractivity (Wildman–Crippen MR) is 134 cm³/mol. The maximum absolute atomic E-state index is 13.3. The molecule has 1 heterocycles. The second-order valence-corrected chi connectivity index (χ2v) is 8.77. The zero-order valence-corrected chi connectivity index (χ0v) is 21.4. The molecule has 1 atom stereocenters. The minimum atomic E-state index is -0.828. The van der Waals surface area contributed by atoms with Gasteiger partial charge in [-0.05, 0) is 69.9 Å². The van der Waals surface area contributed by atoms with Crippen molar-refractivity contribution in [2.75, 3.05) is 48.0 Å². The third-order valence-electron chi connectivity index (χ3n) is 5.76. The Balaban J connectivity index is 2.20. The smallest absolute Gasteiger partial charge is 0.295 e. The first kappa shape index (κ1) is 26.4. The summed E-state index contributed by atoms with van der Waals surface area (Å²) in [5, 5.41) is 11.7. The fraction of sp³-hybridized carbons (Fsp3) is 0.385. The molecule has 35 heavy (non-hydrogen) atoms. The van der Waals surface area contributed by atoms with Crippen molar-refractivity contribution in [2.24, 2.45) is 0 Å². The number of benzene rings is 2. The lowest BCUT2D eigenvalue weighted by Crippen LogP contribution is -2.32. The van der Waals surface area contributed by atoms with Gasteiger partial charge >= 0.3 is 0 Å². The van der Waals surface area contributed by atoms with Gasteiger partial charge in [0.25, 0.3) is 11.7 Å². The molecular formula is C26H31ClN2O6. The lowest BCUT2D eigenvalue weighted by Gasteiger charge is -2.26. The monoisotopic (exact) mass is 502 g/mol. The van der Waals surface area contributed by atoms with Crippen LogP contribution in [-0.4, -0.2) is 74.6 Å². The van der Waals surface area contributed by atoms with Gasteiger partial charge in [0.15, 0.2) is 11.5 Å². The van der Waals surface area contributed by atoms with Crippen molar-refractivity contribution < 1.29 is 28.9 Å². The molecule has 1 fully saturated rings. The van der Waals surface area contributed by atoms with E-state index in [0.29, 0.717) is 47.4 Å². The number of amides is 1. The number of aliphatic hydroxyl groups is 1. The van der Waals surface area contributed by atoms with Gasteiger partial charge in [0.05, 0.1) is 38.0 Å². The van der Waals surface area contributed by atoms with Gasteiger partial charge in [-0.1, -0.05) is 17.7 Å². The van der Waals surface area contributed by atoms with Gasteiger partial charge in [-0.3, -0.25) is 9.59 Å². The topological polar surface area (TPSA) is 88.5 Å². The second-order valence-electron chi connectivity index (χ2n) is 8.34. The van der Waals surface area contributed by atoms with Crippen molar-refractivity contribution in [1.29, 1.82) is 0 Å². The Hall–Kier alpha value is -3.23.